The van der Waals surface area contributed by atoms with Crippen LogP contribution in [0.1, 0.15) is 12.8 Å². The van der Waals surface area contributed by atoms with Gasteiger partial charge >= 0.3 is 0 Å². The molecular weight excluding hydrogens is 210 g/mol. The lowest BCUT2D eigenvalue weighted by Gasteiger charge is -2.23. The van der Waals surface area contributed by atoms with Gasteiger partial charge in [-0.15, -0.1) is 0 Å². The zero-order chi connectivity index (χ0) is 11.4. The van der Waals surface area contributed by atoms with Crippen molar-refractivity contribution in [3.63, 3.8) is 0 Å². The van der Waals surface area contributed by atoms with Crippen LogP contribution in [0, 0.1) is 10.1 Å². The highest BCUT2D eigenvalue weighted by Crippen LogP contribution is 2.22. The standard InChI is InChI=1S/C11H13NO4/c13-12(14)9-2-1-3-11(8-9)16-10-4-6-15-7-5-10/h1-3,8,10H,4-7H2. The van der Waals surface area contributed by atoms with Gasteiger partial charge in [0.1, 0.15) is 11.9 Å². The van der Waals surface area contributed by atoms with Crippen LogP contribution in [0.4, 0.5) is 5.69 Å². The van der Waals surface area contributed by atoms with E-state index in [-0.39, 0.29) is 11.8 Å². The summed E-state index contributed by atoms with van der Waals surface area (Å²) >= 11 is 0. The van der Waals surface area contributed by atoms with E-state index in [1.807, 2.05) is 0 Å². The number of non-ortho nitro benzene ring substituents is 1. The highest BCUT2D eigenvalue weighted by Gasteiger charge is 2.16. The van der Waals surface area contributed by atoms with Crippen LogP contribution >= 0.6 is 0 Å². The van der Waals surface area contributed by atoms with E-state index in [0.29, 0.717) is 19.0 Å². The Balaban J connectivity index is 2.02. The van der Waals surface area contributed by atoms with E-state index in [9.17, 15) is 10.1 Å². The number of nitrogens with zero attached hydrogens (tertiary/aromatic N) is 1. The van der Waals surface area contributed by atoms with Gasteiger partial charge in [0, 0.05) is 18.9 Å². The van der Waals surface area contributed by atoms with Crippen LogP contribution in [-0.4, -0.2) is 24.2 Å². The summed E-state index contributed by atoms with van der Waals surface area (Å²) in [4.78, 5) is 10.2. The quantitative estimate of drug-likeness (QED) is 0.581. The predicted molar refractivity (Wildman–Crippen MR) is 57.6 cm³/mol. The molecular formula is C11H13NO4. The molecule has 1 aromatic rings. The van der Waals surface area contributed by atoms with Crippen molar-refractivity contribution in [1.29, 1.82) is 0 Å². The Kier molecular flexibility index (Phi) is 3.36. The van der Waals surface area contributed by atoms with Crippen molar-refractivity contribution in [2.45, 2.75) is 18.9 Å². The van der Waals surface area contributed by atoms with E-state index < -0.39 is 4.92 Å². The second-order valence-electron chi connectivity index (χ2n) is 3.68. The zero-order valence-corrected chi connectivity index (χ0v) is 8.80. The lowest BCUT2D eigenvalue weighted by atomic mass is 10.1. The number of hydrogen-bond acceptors (Lipinski definition) is 4. The SMILES string of the molecule is O=[N+]([O-])c1cccc(OC2CCOCC2)c1. The maximum atomic E-state index is 10.6. The van der Waals surface area contributed by atoms with Gasteiger partial charge in [0.2, 0.25) is 0 Å². The van der Waals surface area contributed by atoms with Crippen LogP contribution in [0.3, 0.4) is 0 Å². The zero-order valence-electron chi connectivity index (χ0n) is 8.80. The molecule has 0 N–H and O–H groups in total. The molecule has 0 atom stereocenters. The summed E-state index contributed by atoms with van der Waals surface area (Å²) in [5.74, 6) is 0.557. The largest absolute Gasteiger partial charge is 0.490 e. The Morgan fingerprint density at radius 2 is 2.12 bits per heavy atom. The van der Waals surface area contributed by atoms with Gasteiger partial charge in [-0.2, -0.15) is 0 Å². The van der Waals surface area contributed by atoms with Crippen molar-refractivity contribution < 1.29 is 14.4 Å². The molecule has 0 spiro atoms. The van der Waals surface area contributed by atoms with Crippen molar-refractivity contribution in [1.82, 2.24) is 0 Å². The fourth-order valence-electron chi connectivity index (χ4n) is 1.66. The number of nitro groups is 1. The Labute approximate surface area is 93.1 Å². The van der Waals surface area contributed by atoms with Gasteiger partial charge in [0.25, 0.3) is 5.69 Å². The van der Waals surface area contributed by atoms with E-state index >= 15 is 0 Å². The highest BCUT2D eigenvalue weighted by molar-refractivity contribution is 5.38. The second kappa shape index (κ2) is 4.94. The summed E-state index contributed by atoms with van der Waals surface area (Å²) in [7, 11) is 0. The third kappa shape index (κ3) is 2.70. The molecule has 1 aromatic carbocycles. The summed E-state index contributed by atoms with van der Waals surface area (Å²) in [6, 6.07) is 6.28. The number of nitro benzene ring substituents is 1. The molecule has 1 aliphatic heterocycles. The number of ether oxygens (including phenoxy) is 2. The van der Waals surface area contributed by atoms with Crippen molar-refractivity contribution in [2.24, 2.45) is 0 Å². The Hall–Kier alpha value is -1.62. The van der Waals surface area contributed by atoms with Crippen LogP contribution in [0.2, 0.25) is 0 Å². The van der Waals surface area contributed by atoms with Crippen molar-refractivity contribution in [2.75, 3.05) is 13.2 Å². The van der Waals surface area contributed by atoms with Gasteiger partial charge in [0.15, 0.2) is 0 Å². The first-order chi connectivity index (χ1) is 7.75. The van der Waals surface area contributed by atoms with E-state index in [1.54, 1.807) is 12.1 Å². The normalized spacial score (nSPS) is 17.0. The first kappa shape index (κ1) is 10.9. The Morgan fingerprint density at radius 1 is 1.38 bits per heavy atom. The number of rotatable bonds is 3. The molecule has 86 valence electrons. The third-order valence-electron chi connectivity index (χ3n) is 2.50. The predicted octanol–water partition coefficient (Wildman–Crippen LogP) is 2.15. The molecule has 1 heterocycles. The van der Waals surface area contributed by atoms with Crippen molar-refractivity contribution in [3.05, 3.63) is 34.4 Å². The fraction of sp³-hybridized carbons (Fsp3) is 0.455. The van der Waals surface area contributed by atoms with Gasteiger partial charge in [-0.3, -0.25) is 10.1 Å². The molecule has 0 unspecified atom stereocenters. The number of hydrogen-bond donors (Lipinski definition) is 0. The van der Waals surface area contributed by atoms with Crippen LogP contribution < -0.4 is 4.74 Å². The minimum atomic E-state index is -0.420. The molecule has 2 rings (SSSR count). The van der Waals surface area contributed by atoms with E-state index in [2.05, 4.69) is 0 Å². The maximum absolute atomic E-state index is 10.6. The molecule has 5 heteroatoms. The van der Waals surface area contributed by atoms with Gasteiger partial charge in [0.05, 0.1) is 24.2 Å². The molecule has 0 amide bonds. The molecule has 0 aromatic heterocycles. The first-order valence-electron chi connectivity index (χ1n) is 5.24. The summed E-state index contributed by atoms with van der Waals surface area (Å²) in [5, 5.41) is 10.6. The maximum Gasteiger partial charge on any atom is 0.273 e. The fourth-order valence-corrected chi connectivity index (χ4v) is 1.66. The second-order valence-corrected chi connectivity index (χ2v) is 3.68. The van der Waals surface area contributed by atoms with Crippen molar-refractivity contribution >= 4 is 5.69 Å². The lowest BCUT2D eigenvalue weighted by Crippen LogP contribution is -2.25. The topological polar surface area (TPSA) is 61.6 Å². The lowest BCUT2D eigenvalue weighted by molar-refractivity contribution is -0.385. The van der Waals surface area contributed by atoms with Crippen LogP contribution in [0.15, 0.2) is 24.3 Å². The van der Waals surface area contributed by atoms with Crippen LogP contribution in [-0.2, 0) is 4.74 Å². The van der Waals surface area contributed by atoms with Gasteiger partial charge < -0.3 is 9.47 Å². The monoisotopic (exact) mass is 223 g/mol. The molecule has 0 aliphatic carbocycles. The first-order valence-corrected chi connectivity index (χ1v) is 5.24. The number of benzene rings is 1. The Morgan fingerprint density at radius 3 is 2.81 bits per heavy atom. The average Bonchev–Trinajstić information content (AvgIpc) is 2.30. The van der Waals surface area contributed by atoms with Gasteiger partial charge in [-0.05, 0) is 6.07 Å². The molecule has 16 heavy (non-hydrogen) atoms. The molecule has 0 bridgehead atoms. The van der Waals surface area contributed by atoms with E-state index in [0.717, 1.165) is 12.8 Å². The van der Waals surface area contributed by atoms with E-state index in [1.165, 1.54) is 12.1 Å². The van der Waals surface area contributed by atoms with Crippen LogP contribution in [0.5, 0.6) is 5.75 Å². The minimum absolute atomic E-state index is 0.0598. The Bertz CT molecular complexity index is 374. The average molecular weight is 223 g/mol. The van der Waals surface area contributed by atoms with Gasteiger partial charge in [-0.25, -0.2) is 0 Å². The molecule has 0 saturated carbocycles. The third-order valence-corrected chi connectivity index (χ3v) is 2.50. The molecule has 0 radical (unpaired) electrons. The van der Waals surface area contributed by atoms with Crippen molar-refractivity contribution in [3.8, 4) is 5.75 Å². The summed E-state index contributed by atoms with van der Waals surface area (Å²) in [6.07, 6.45) is 1.78. The molecule has 1 aliphatic rings. The summed E-state index contributed by atoms with van der Waals surface area (Å²) < 4.78 is 10.9. The molecule has 1 saturated heterocycles. The minimum Gasteiger partial charge on any atom is -0.490 e. The highest BCUT2D eigenvalue weighted by atomic mass is 16.6. The molecule has 5 nitrogen and oxygen atoms in total. The van der Waals surface area contributed by atoms with Gasteiger partial charge in [-0.1, -0.05) is 6.07 Å². The van der Waals surface area contributed by atoms with Crippen LogP contribution in [0.25, 0.3) is 0 Å². The summed E-state index contributed by atoms with van der Waals surface area (Å²) in [6.45, 7) is 1.39. The van der Waals surface area contributed by atoms with E-state index in [4.69, 9.17) is 9.47 Å². The molecule has 1 fully saturated rings. The smallest absolute Gasteiger partial charge is 0.273 e. The summed E-state index contributed by atoms with van der Waals surface area (Å²) in [5.41, 5.74) is 0.0598.